The molecule has 0 N–H and O–H groups in total. The maximum Gasteiger partial charge on any atom is 0.312 e. The first-order valence-corrected chi connectivity index (χ1v) is 8.74. The number of nitro groups is 1. The first-order valence-electron chi connectivity index (χ1n) is 8.74. The molecule has 0 aliphatic carbocycles. The molecular formula is C20H19N5O4. The molecule has 9 nitrogen and oxygen atoms in total. The van der Waals surface area contributed by atoms with Gasteiger partial charge in [-0.3, -0.25) is 14.9 Å². The Morgan fingerprint density at radius 2 is 2.03 bits per heavy atom. The zero-order chi connectivity index (χ0) is 21.2. The van der Waals surface area contributed by atoms with Crippen LogP contribution >= 0.6 is 0 Å². The molecule has 2 aromatic rings. The van der Waals surface area contributed by atoms with Crippen LogP contribution in [0.5, 0.6) is 0 Å². The Bertz CT molecular complexity index is 964. The highest BCUT2D eigenvalue weighted by molar-refractivity contribution is 5.71. The predicted molar refractivity (Wildman–Crippen MR) is 107 cm³/mol. The molecule has 9 heteroatoms. The summed E-state index contributed by atoms with van der Waals surface area (Å²) in [6, 6.07) is 12.9. The molecule has 2 rings (SSSR count). The molecule has 0 aliphatic heterocycles. The highest BCUT2D eigenvalue weighted by atomic mass is 16.6. The fraction of sp³-hybridized carbons (Fsp3) is 0.200. The number of non-ortho nitro benzene ring substituents is 1. The number of hydrogen-bond donors (Lipinski definition) is 0. The van der Waals surface area contributed by atoms with E-state index >= 15 is 0 Å². The molecule has 2 aromatic carbocycles. The van der Waals surface area contributed by atoms with E-state index in [9.17, 15) is 14.9 Å². The van der Waals surface area contributed by atoms with Crippen LogP contribution in [0.4, 0.5) is 22.7 Å². The number of rotatable bonds is 9. The van der Waals surface area contributed by atoms with Gasteiger partial charge in [0.2, 0.25) is 0 Å². The van der Waals surface area contributed by atoms with Crippen LogP contribution in [0.3, 0.4) is 0 Å². The summed E-state index contributed by atoms with van der Waals surface area (Å²) in [5, 5.41) is 28.1. The van der Waals surface area contributed by atoms with Crippen LogP contribution in [0.1, 0.15) is 18.9 Å². The highest BCUT2D eigenvalue weighted by Gasteiger charge is 2.11. The summed E-state index contributed by atoms with van der Waals surface area (Å²) in [4.78, 5) is 23.7. The maximum atomic E-state index is 11.5. The second-order valence-corrected chi connectivity index (χ2v) is 5.77. The van der Waals surface area contributed by atoms with E-state index in [-0.39, 0.29) is 29.3 Å². The van der Waals surface area contributed by atoms with E-state index in [0.29, 0.717) is 18.8 Å². The summed E-state index contributed by atoms with van der Waals surface area (Å²) in [6.45, 7) is 6.53. The predicted octanol–water partition coefficient (Wildman–Crippen LogP) is 4.78. The number of carbonyl (C=O) groups is 1. The Hall–Kier alpha value is -4.06. The van der Waals surface area contributed by atoms with Crippen LogP contribution in [-0.2, 0) is 9.53 Å². The van der Waals surface area contributed by atoms with Gasteiger partial charge in [-0.25, -0.2) is 0 Å². The molecule has 0 saturated carbocycles. The van der Waals surface area contributed by atoms with E-state index in [2.05, 4.69) is 16.8 Å². The van der Waals surface area contributed by atoms with Crippen molar-refractivity contribution >= 4 is 28.7 Å². The van der Waals surface area contributed by atoms with Gasteiger partial charge in [0.25, 0.3) is 5.69 Å². The van der Waals surface area contributed by atoms with Crippen molar-refractivity contribution in [3.05, 3.63) is 71.0 Å². The lowest BCUT2D eigenvalue weighted by Gasteiger charge is -2.22. The number of hydrogen-bond acceptors (Lipinski definition) is 8. The van der Waals surface area contributed by atoms with Crippen LogP contribution in [0.15, 0.2) is 65.5 Å². The SMILES string of the molecule is C=COC(=O)CCN(CC)c1ccc(N=Nc2ccc([N+](=O)[O-])cc2C#N)cc1. The number of azo groups is 1. The largest absolute Gasteiger partial charge is 0.435 e. The van der Waals surface area contributed by atoms with Gasteiger partial charge in [0.1, 0.15) is 11.8 Å². The maximum absolute atomic E-state index is 11.5. The lowest BCUT2D eigenvalue weighted by atomic mass is 10.2. The molecule has 0 saturated heterocycles. The van der Waals surface area contributed by atoms with E-state index in [0.717, 1.165) is 18.0 Å². The summed E-state index contributed by atoms with van der Waals surface area (Å²) < 4.78 is 4.72. The van der Waals surface area contributed by atoms with Crippen LogP contribution < -0.4 is 4.90 Å². The van der Waals surface area contributed by atoms with Crippen molar-refractivity contribution < 1.29 is 14.5 Å². The van der Waals surface area contributed by atoms with Gasteiger partial charge in [-0.1, -0.05) is 6.58 Å². The summed E-state index contributed by atoms with van der Waals surface area (Å²) >= 11 is 0. The summed E-state index contributed by atoms with van der Waals surface area (Å²) in [5.41, 5.74) is 1.60. The standard InChI is InChI=1S/C20H19N5O4/c1-3-24(12-11-20(26)29-4-2)17-7-5-16(6-8-17)22-23-19-10-9-18(25(27)28)13-15(19)14-21/h4-10,13H,2-3,11-12H2,1H3. The van der Waals surface area contributed by atoms with Crippen LogP contribution in [-0.4, -0.2) is 24.0 Å². The molecule has 0 fully saturated rings. The molecule has 148 valence electrons. The second-order valence-electron chi connectivity index (χ2n) is 5.77. The lowest BCUT2D eigenvalue weighted by Crippen LogP contribution is -2.25. The third kappa shape index (κ3) is 5.97. The van der Waals surface area contributed by atoms with Gasteiger partial charge in [0.05, 0.1) is 28.9 Å². The summed E-state index contributed by atoms with van der Waals surface area (Å²) in [5.74, 6) is -0.347. The van der Waals surface area contributed by atoms with Gasteiger partial charge >= 0.3 is 5.97 Å². The van der Waals surface area contributed by atoms with Crippen molar-refractivity contribution in [1.29, 1.82) is 5.26 Å². The minimum Gasteiger partial charge on any atom is -0.435 e. The smallest absolute Gasteiger partial charge is 0.312 e. The third-order valence-electron chi connectivity index (χ3n) is 3.98. The van der Waals surface area contributed by atoms with Crippen LogP contribution in [0.25, 0.3) is 0 Å². The second kappa shape index (κ2) is 10.3. The molecule has 0 unspecified atom stereocenters. The highest BCUT2D eigenvalue weighted by Crippen LogP contribution is 2.27. The summed E-state index contributed by atoms with van der Waals surface area (Å²) in [6.07, 6.45) is 1.35. The zero-order valence-corrected chi connectivity index (χ0v) is 15.8. The number of benzene rings is 2. The Balaban J connectivity index is 2.10. The molecular weight excluding hydrogens is 374 g/mol. The zero-order valence-electron chi connectivity index (χ0n) is 15.8. The molecule has 0 heterocycles. The number of nitro benzene ring substituents is 1. The number of esters is 1. The molecule has 0 amide bonds. The fourth-order valence-corrected chi connectivity index (χ4v) is 2.50. The quantitative estimate of drug-likeness (QED) is 0.199. The van der Waals surface area contributed by atoms with Crippen LogP contribution in [0, 0.1) is 21.4 Å². The third-order valence-corrected chi connectivity index (χ3v) is 3.98. The van der Waals surface area contributed by atoms with Gasteiger partial charge in [-0.15, -0.1) is 5.11 Å². The van der Waals surface area contributed by atoms with E-state index in [1.54, 1.807) is 12.1 Å². The fourth-order valence-electron chi connectivity index (χ4n) is 2.50. The van der Waals surface area contributed by atoms with E-state index in [4.69, 9.17) is 10.00 Å². The molecule has 0 bridgehead atoms. The van der Waals surface area contributed by atoms with E-state index < -0.39 is 4.92 Å². The lowest BCUT2D eigenvalue weighted by molar-refractivity contribution is -0.384. The number of ether oxygens (including phenoxy) is 1. The van der Waals surface area contributed by atoms with Gasteiger partial charge in [-0.05, 0) is 37.3 Å². The van der Waals surface area contributed by atoms with Crippen molar-refractivity contribution in [2.45, 2.75) is 13.3 Å². The van der Waals surface area contributed by atoms with E-state index in [1.807, 2.05) is 30.0 Å². The molecule has 0 spiro atoms. The molecule has 29 heavy (non-hydrogen) atoms. The molecule has 0 radical (unpaired) electrons. The summed E-state index contributed by atoms with van der Waals surface area (Å²) in [7, 11) is 0. The van der Waals surface area contributed by atoms with Gasteiger partial charge < -0.3 is 9.64 Å². The van der Waals surface area contributed by atoms with Crippen molar-refractivity contribution in [1.82, 2.24) is 0 Å². The monoisotopic (exact) mass is 393 g/mol. The number of nitrogens with zero attached hydrogens (tertiary/aromatic N) is 5. The number of anilines is 1. The van der Waals surface area contributed by atoms with Crippen molar-refractivity contribution in [2.75, 3.05) is 18.0 Å². The average Bonchev–Trinajstić information content (AvgIpc) is 2.73. The normalized spacial score (nSPS) is 10.3. The molecule has 0 aliphatic rings. The van der Waals surface area contributed by atoms with Gasteiger partial charge in [0.15, 0.2) is 0 Å². The van der Waals surface area contributed by atoms with Gasteiger partial charge in [-0.2, -0.15) is 10.4 Å². The number of carbonyl (C=O) groups excluding carboxylic acids is 1. The van der Waals surface area contributed by atoms with Gasteiger partial charge in [0, 0.05) is 30.9 Å². The average molecular weight is 393 g/mol. The van der Waals surface area contributed by atoms with Crippen molar-refractivity contribution in [2.24, 2.45) is 10.2 Å². The van der Waals surface area contributed by atoms with E-state index in [1.165, 1.54) is 12.1 Å². The van der Waals surface area contributed by atoms with Crippen molar-refractivity contribution in [3.63, 3.8) is 0 Å². The number of nitriles is 1. The Labute approximate surface area is 167 Å². The molecule has 0 aromatic heterocycles. The Morgan fingerprint density at radius 1 is 1.31 bits per heavy atom. The van der Waals surface area contributed by atoms with Crippen LogP contribution in [0.2, 0.25) is 0 Å². The topological polar surface area (TPSA) is 121 Å². The minimum absolute atomic E-state index is 0.0724. The minimum atomic E-state index is -0.572. The van der Waals surface area contributed by atoms with Crippen molar-refractivity contribution in [3.8, 4) is 6.07 Å². The molecule has 0 atom stereocenters. The Morgan fingerprint density at radius 3 is 2.62 bits per heavy atom. The first kappa shape index (κ1) is 21.2. The Kier molecular flexibility index (Phi) is 7.56. The first-order chi connectivity index (χ1) is 14.0.